The Morgan fingerprint density at radius 1 is 0.955 bits per heavy atom. The van der Waals surface area contributed by atoms with Crippen LogP contribution in [0.25, 0.3) is 0 Å². The zero-order chi connectivity index (χ0) is 15.8. The molecule has 0 amide bonds. The molecule has 22 heavy (non-hydrogen) atoms. The lowest BCUT2D eigenvalue weighted by Gasteiger charge is -2.12. The summed E-state index contributed by atoms with van der Waals surface area (Å²) in [6.45, 7) is 0.0300. The number of carboxylic acids is 1. The molecule has 0 saturated heterocycles. The zero-order valence-electron chi connectivity index (χ0n) is 12.3. The van der Waals surface area contributed by atoms with E-state index in [0.717, 1.165) is 17.5 Å². The largest absolute Gasteiger partial charge is 0.480 e. The lowest BCUT2D eigenvalue weighted by molar-refractivity contribution is -0.136. The molecule has 2 aromatic rings. The first-order valence-corrected chi connectivity index (χ1v) is 8.31. The van der Waals surface area contributed by atoms with Gasteiger partial charge in [0.05, 0.1) is 6.61 Å². The minimum Gasteiger partial charge on any atom is -0.480 e. The maximum absolute atomic E-state index is 11.4. The average Bonchev–Trinajstić information content (AvgIpc) is 2.56. The van der Waals surface area contributed by atoms with Gasteiger partial charge in [0, 0.05) is 5.75 Å². The van der Waals surface area contributed by atoms with Crippen molar-refractivity contribution in [1.29, 1.82) is 0 Å². The van der Waals surface area contributed by atoms with Gasteiger partial charge < -0.3 is 10.2 Å². The molecule has 0 spiro atoms. The van der Waals surface area contributed by atoms with Crippen LogP contribution < -0.4 is 0 Å². The van der Waals surface area contributed by atoms with E-state index in [0.29, 0.717) is 12.2 Å². The van der Waals surface area contributed by atoms with Crippen LogP contribution in [0, 0.1) is 0 Å². The van der Waals surface area contributed by atoms with E-state index in [9.17, 15) is 9.90 Å². The first-order chi connectivity index (χ1) is 10.7. The number of benzene rings is 2. The molecule has 0 aromatic heterocycles. The minimum atomic E-state index is -0.757. The Bertz CT molecular complexity index is 581. The first kappa shape index (κ1) is 16.6. The third kappa shape index (κ3) is 5.20. The summed E-state index contributed by atoms with van der Waals surface area (Å²) in [5.41, 5.74) is 3.11. The third-order valence-electron chi connectivity index (χ3n) is 3.47. The van der Waals surface area contributed by atoms with Gasteiger partial charge in [0.25, 0.3) is 0 Å². The van der Waals surface area contributed by atoms with E-state index in [4.69, 9.17) is 5.11 Å². The summed E-state index contributed by atoms with van der Waals surface area (Å²) < 4.78 is 0. The second-order valence-electron chi connectivity index (χ2n) is 5.14. The van der Waals surface area contributed by atoms with Gasteiger partial charge in [-0.1, -0.05) is 54.6 Å². The van der Waals surface area contributed by atoms with Crippen molar-refractivity contribution in [3.8, 4) is 0 Å². The third-order valence-corrected chi connectivity index (χ3v) is 4.81. The van der Waals surface area contributed by atoms with E-state index in [1.54, 1.807) is 0 Å². The van der Waals surface area contributed by atoms with E-state index in [1.807, 2.05) is 54.6 Å². The van der Waals surface area contributed by atoms with Gasteiger partial charge in [0.1, 0.15) is 5.25 Å². The number of carbonyl (C=O) groups is 1. The van der Waals surface area contributed by atoms with Gasteiger partial charge in [-0.15, -0.1) is 11.8 Å². The van der Waals surface area contributed by atoms with E-state index >= 15 is 0 Å². The summed E-state index contributed by atoms with van der Waals surface area (Å²) in [6.07, 6.45) is 1.40. The summed E-state index contributed by atoms with van der Waals surface area (Å²) in [7, 11) is 0. The van der Waals surface area contributed by atoms with Crippen molar-refractivity contribution in [3.05, 3.63) is 71.3 Å². The summed E-state index contributed by atoms with van der Waals surface area (Å²) in [5.74, 6) is -0.0924. The molecule has 0 fully saturated rings. The van der Waals surface area contributed by atoms with Crippen LogP contribution in [0.5, 0.6) is 0 Å². The second kappa shape index (κ2) is 8.61. The number of aliphatic carboxylic acids is 1. The molecule has 1 unspecified atom stereocenters. The second-order valence-corrected chi connectivity index (χ2v) is 6.33. The molecule has 0 aliphatic heterocycles. The molecule has 2 rings (SSSR count). The number of aliphatic hydroxyl groups is 1. The number of hydrogen-bond acceptors (Lipinski definition) is 3. The van der Waals surface area contributed by atoms with Gasteiger partial charge in [0.2, 0.25) is 0 Å². The molecule has 3 nitrogen and oxygen atoms in total. The summed E-state index contributed by atoms with van der Waals surface area (Å²) in [6, 6.07) is 17.6. The van der Waals surface area contributed by atoms with Gasteiger partial charge in [-0.05, 0) is 29.5 Å². The molecule has 2 aromatic carbocycles. The van der Waals surface area contributed by atoms with Crippen LogP contribution in [0.2, 0.25) is 0 Å². The van der Waals surface area contributed by atoms with Gasteiger partial charge in [-0.3, -0.25) is 4.79 Å². The van der Waals surface area contributed by atoms with Crippen molar-refractivity contribution < 1.29 is 15.0 Å². The molecule has 0 saturated carbocycles. The molecule has 0 aliphatic carbocycles. The quantitative estimate of drug-likeness (QED) is 0.782. The predicted octanol–water partition coefficient (Wildman–Crippen LogP) is 3.50. The van der Waals surface area contributed by atoms with Crippen LogP contribution >= 0.6 is 11.8 Å². The first-order valence-electron chi connectivity index (χ1n) is 7.26. The zero-order valence-corrected chi connectivity index (χ0v) is 13.1. The Labute approximate surface area is 135 Å². The topological polar surface area (TPSA) is 57.5 Å². The van der Waals surface area contributed by atoms with Crippen LogP contribution in [0.1, 0.15) is 23.1 Å². The molecule has 0 radical (unpaired) electrons. The summed E-state index contributed by atoms with van der Waals surface area (Å²) in [4.78, 5) is 11.4. The van der Waals surface area contributed by atoms with Crippen LogP contribution in [-0.4, -0.2) is 21.4 Å². The van der Waals surface area contributed by atoms with Gasteiger partial charge in [0.15, 0.2) is 0 Å². The fraction of sp³-hybridized carbons (Fsp3) is 0.278. The summed E-state index contributed by atoms with van der Waals surface area (Å²) in [5, 5.41) is 18.0. The molecular formula is C18H20O3S. The Balaban J connectivity index is 1.87. The van der Waals surface area contributed by atoms with Gasteiger partial charge >= 0.3 is 5.97 Å². The molecule has 116 valence electrons. The normalized spacial score (nSPS) is 12.0. The lowest BCUT2D eigenvalue weighted by Crippen LogP contribution is -2.17. The number of carboxylic acid groups (broad SMARTS) is 1. The fourth-order valence-electron chi connectivity index (χ4n) is 2.16. The number of aliphatic hydroxyl groups excluding tert-OH is 1. The lowest BCUT2D eigenvalue weighted by atomic mass is 10.1. The van der Waals surface area contributed by atoms with E-state index in [-0.39, 0.29) is 6.61 Å². The molecule has 1 atom stereocenters. The van der Waals surface area contributed by atoms with Crippen molar-refractivity contribution in [3.63, 3.8) is 0 Å². The van der Waals surface area contributed by atoms with Crippen LogP contribution in [0.4, 0.5) is 0 Å². The van der Waals surface area contributed by atoms with Crippen LogP contribution in [0.3, 0.4) is 0 Å². The van der Waals surface area contributed by atoms with E-state index < -0.39 is 11.2 Å². The van der Waals surface area contributed by atoms with Crippen molar-refractivity contribution in [2.45, 2.75) is 30.5 Å². The monoisotopic (exact) mass is 316 g/mol. The standard InChI is InChI=1S/C18H20O3S/c19-12-15-6-8-16(9-7-15)13-22-17(18(20)21)11-10-14-4-2-1-3-5-14/h1-9,17,19H,10-13H2,(H,20,21). The van der Waals surface area contributed by atoms with Crippen molar-refractivity contribution in [1.82, 2.24) is 0 Å². The smallest absolute Gasteiger partial charge is 0.316 e. The van der Waals surface area contributed by atoms with E-state index in [2.05, 4.69) is 0 Å². The maximum atomic E-state index is 11.4. The van der Waals surface area contributed by atoms with Crippen molar-refractivity contribution in [2.24, 2.45) is 0 Å². The number of hydrogen-bond donors (Lipinski definition) is 2. The van der Waals surface area contributed by atoms with Crippen LogP contribution in [0.15, 0.2) is 54.6 Å². The fourth-order valence-corrected chi connectivity index (χ4v) is 3.17. The molecule has 0 aliphatic rings. The van der Waals surface area contributed by atoms with Gasteiger partial charge in [-0.2, -0.15) is 0 Å². The van der Waals surface area contributed by atoms with Crippen LogP contribution in [-0.2, 0) is 23.6 Å². The Morgan fingerprint density at radius 3 is 2.18 bits per heavy atom. The van der Waals surface area contributed by atoms with Crippen molar-refractivity contribution >= 4 is 17.7 Å². The minimum absolute atomic E-state index is 0.0300. The molecule has 0 heterocycles. The van der Waals surface area contributed by atoms with Crippen molar-refractivity contribution in [2.75, 3.05) is 0 Å². The maximum Gasteiger partial charge on any atom is 0.316 e. The SMILES string of the molecule is O=C(O)C(CCc1ccccc1)SCc1ccc(CO)cc1. The van der Waals surface area contributed by atoms with E-state index in [1.165, 1.54) is 17.3 Å². The highest BCUT2D eigenvalue weighted by Gasteiger charge is 2.17. The number of thioether (sulfide) groups is 1. The molecule has 2 N–H and O–H groups in total. The highest BCUT2D eigenvalue weighted by Crippen LogP contribution is 2.22. The number of aryl methyl sites for hydroxylation is 1. The predicted molar refractivity (Wildman–Crippen MR) is 89.8 cm³/mol. The highest BCUT2D eigenvalue weighted by molar-refractivity contribution is 7.99. The molecule has 4 heteroatoms. The average molecular weight is 316 g/mol. The summed E-state index contributed by atoms with van der Waals surface area (Å²) >= 11 is 1.45. The molecular weight excluding hydrogens is 296 g/mol. The number of rotatable bonds is 8. The van der Waals surface area contributed by atoms with Gasteiger partial charge in [-0.25, -0.2) is 0 Å². The Hall–Kier alpha value is -1.78. The Morgan fingerprint density at radius 2 is 1.59 bits per heavy atom. The Kier molecular flexibility index (Phi) is 6.49. The molecule has 0 bridgehead atoms. The highest BCUT2D eigenvalue weighted by atomic mass is 32.2.